The number of phenolic OH excluding ortho intramolecular Hbond substituents is 1. The summed E-state index contributed by atoms with van der Waals surface area (Å²) in [6.45, 7) is 7.98. The number of hydrogen-bond donors (Lipinski definition) is 4. The first-order chi connectivity index (χ1) is 17.6. The first-order valence-electron chi connectivity index (χ1n) is 12.7. The SMILES string of the molecule is COC(=O)CCc1ccc(O)c2c1C[C@]1(C)C[C@]3(C)C(C(C)C)C(O)=C(C(C)=O)C(=O)[C@]3(O)C(O)=C1C2=O. The topological polar surface area (TPSA) is 158 Å². The van der Waals surface area contributed by atoms with Crippen LogP contribution in [-0.4, -0.2) is 56.5 Å². The van der Waals surface area contributed by atoms with E-state index < -0.39 is 62.8 Å². The predicted molar refractivity (Wildman–Crippen MR) is 136 cm³/mol. The largest absolute Gasteiger partial charge is 0.511 e. The number of methoxy groups -OCH3 is 1. The maximum absolute atomic E-state index is 13.9. The van der Waals surface area contributed by atoms with E-state index in [1.165, 1.54) is 13.2 Å². The van der Waals surface area contributed by atoms with Crippen molar-refractivity contribution in [3.63, 3.8) is 0 Å². The Bertz CT molecular complexity index is 1350. The second kappa shape index (κ2) is 8.80. The van der Waals surface area contributed by atoms with Gasteiger partial charge in [-0.15, -0.1) is 0 Å². The van der Waals surface area contributed by atoms with Crippen molar-refractivity contribution < 1.29 is 44.3 Å². The number of aromatic hydroxyl groups is 1. The van der Waals surface area contributed by atoms with E-state index >= 15 is 0 Å². The zero-order valence-corrected chi connectivity index (χ0v) is 22.5. The summed E-state index contributed by atoms with van der Waals surface area (Å²) in [5.41, 5.74) is -4.91. The third-order valence-electron chi connectivity index (χ3n) is 8.81. The molecule has 0 aliphatic heterocycles. The molecule has 0 aromatic heterocycles. The standard InChI is InChI=1S/C29H34O9/c1-13(2)21-23(33)19(14(3)30)25(35)29(37)26(36)22-24(34)20-16(11-27(22,4)12-28(21,29)5)15(7-9-17(20)31)8-10-18(32)38-6/h7,9,13,21,31,33,36-37H,8,10-12H2,1-6H3/t21?,27-,28-,29+/m1/s1. The van der Waals surface area contributed by atoms with Gasteiger partial charge in [-0.3, -0.25) is 19.2 Å². The predicted octanol–water partition coefficient (Wildman–Crippen LogP) is 3.45. The smallest absolute Gasteiger partial charge is 0.305 e. The molecule has 204 valence electrons. The molecule has 38 heavy (non-hydrogen) atoms. The average molecular weight is 527 g/mol. The highest BCUT2D eigenvalue weighted by atomic mass is 16.5. The summed E-state index contributed by atoms with van der Waals surface area (Å²) in [4.78, 5) is 51.8. The van der Waals surface area contributed by atoms with Crippen LogP contribution in [0.4, 0.5) is 0 Å². The zero-order valence-electron chi connectivity index (χ0n) is 22.5. The van der Waals surface area contributed by atoms with Crippen LogP contribution in [-0.2, 0) is 32.0 Å². The van der Waals surface area contributed by atoms with Gasteiger partial charge in [0.1, 0.15) is 22.8 Å². The Morgan fingerprint density at radius 2 is 1.76 bits per heavy atom. The molecule has 0 amide bonds. The number of carbonyl (C=O) groups is 4. The molecule has 9 heteroatoms. The van der Waals surface area contributed by atoms with Gasteiger partial charge in [-0.1, -0.05) is 33.8 Å². The van der Waals surface area contributed by atoms with E-state index in [0.717, 1.165) is 6.92 Å². The van der Waals surface area contributed by atoms with Gasteiger partial charge in [0, 0.05) is 28.7 Å². The van der Waals surface area contributed by atoms with Crippen molar-refractivity contribution in [2.24, 2.45) is 22.7 Å². The first kappa shape index (κ1) is 27.6. The molecule has 4 rings (SSSR count). The number of esters is 1. The number of benzene rings is 1. The Kier molecular flexibility index (Phi) is 6.38. The van der Waals surface area contributed by atoms with Gasteiger partial charge in [0.25, 0.3) is 0 Å². The molecule has 0 saturated heterocycles. The average Bonchev–Trinajstić information content (AvgIpc) is 2.80. The second-order valence-corrected chi connectivity index (χ2v) is 11.6. The van der Waals surface area contributed by atoms with Crippen LogP contribution in [0.3, 0.4) is 0 Å². The molecule has 0 bridgehead atoms. The fourth-order valence-corrected chi connectivity index (χ4v) is 7.37. The molecule has 1 aromatic carbocycles. The Morgan fingerprint density at radius 1 is 1.13 bits per heavy atom. The number of fused-ring (bicyclic) bond motifs is 3. The van der Waals surface area contributed by atoms with Crippen molar-refractivity contribution in [1.82, 2.24) is 0 Å². The number of ether oxygens (including phenoxy) is 1. The van der Waals surface area contributed by atoms with Crippen molar-refractivity contribution in [3.05, 3.63) is 51.5 Å². The minimum Gasteiger partial charge on any atom is -0.511 e. The lowest BCUT2D eigenvalue weighted by Crippen LogP contribution is -2.67. The molecule has 0 fully saturated rings. The highest BCUT2D eigenvalue weighted by Crippen LogP contribution is 2.65. The van der Waals surface area contributed by atoms with Gasteiger partial charge >= 0.3 is 5.97 Å². The van der Waals surface area contributed by atoms with E-state index in [9.17, 15) is 39.6 Å². The van der Waals surface area contributed by atoms with E-state index in [1.54, 1.807) is 33.8 Å². The van der Waals surface area contributed by atoms with Crippen molar-refractivity contribution >= 4 is 23.3 Å². The lowest BCUT2D eigenvalue weighted by Gasteiger charge is -2.59. The van der Waals surface area contributed by atoms with Gasteiger partial charge in [0.2, 0.25) is 5.78 Å². The summed E-state index contributed by atoms with van der Waals surface area (Å²) >= 11 is 0. The fraction of sp³-hybridized carbons (Fsp3) is 0.517. The Hall–Kier alpha value is -3.46. The minimum absolute atomic E-state index is 0.0109. The fourth-order valence-electron chi connectivity index (χ4n) is 7.37. The van der Waals surface area contributed by atoms with Crippen LogP contribution >= 0.6 is 0 Å². The minimum atomic E-state index is -2.64. The third-order valence-corrected chi connectivity index (χ3v) is 8.81. The molecule has 4 atom stereocenters. The molecule has 1 unspecified atom stereocenters. The van der Waals surface area contributed by atoms with Crippen LogP contribution in [0.2, 0.25) is 0 Å². The number of allylic oxidation sites excluding steroid dienone is 2. The molecule has 0 spiro atoms. The zero-order chi connectivity index (χ0) is 28.5. The summed E-state index contributed by atoms with van der Waals surface area (Å²) < 4.78 is 4.74. The second-order valence-electron chi connectivity index (χ2n) is 11.6. The van der Waals surface area contributed by atoms with Crippen LogP contribution in [0.15, 0.2) is 34.8 Å². The molecule has 0 saturated carbocycles. The van der Waals surface area contributed by atoms with Gasteiger partial charge in [-0.25, -0.2) is 0 Å². The van der Waals surface area contributed by atoms with Gasteiger partial charge in [-0.2, -0.15) is 0 Å². The number of phenols is 1. The molecular formula is C29H34O9. The number of carbonyl (C=O) groups excluding carboxylic acids is 4. The summed E-state index contributed by atoms with van der Waals surface area (Å²) in [6.07, 6.45) is 0.480. The highest BCUT2D eigenvalue weighted by Gasteiger charge is 2.71. The Balaban J connectivity index is 1.99. The van der Waals surface area contributed by atoms with Gasteiger partial charge < -0.3 is 25.2 Å². The number of Topliss-reactive ketones (excluding diaryl/α,β-unsaturated/α-hetero) is 3. The van der Waals surface area contributed by atoms with Crippen LogP contribution in [0.5, 0.6) is 5.75 Å². The lowest BCUT2D eigenvalue weighted by molar-refractivity contribution is -0.171. The quantitative estimate of drug-likeness (QED) is 0.333. The number of aliphatic hydroxyl groups excluding tert-OH is 2. The molecule has 3 aliphatic rings. The molecule has 0 heterocycles. The number of aliphatic hydroxyl groups is 3. The molecule has 0 radical (unpaired) electrons. The maximum atomic E-state index is 13.9. The number of rotatable bonds is 5. The van der Waals surface area contributed by atoms with E-state index in [2.05, 4.69) is 0 Å². The van der Waals surface area contributed by atoms with Gasteiger partial charge in [0.05, 0.1) is 12.7 Å². The van der Waals surface area contributed by atoms with E-state index in [0.29, 0.717) is 11.1 Å². The monoisotopic (exact) mass is 526 g/mol. The summed E-state index contributed by atoms with van der Waals surface area (Å²) in [5, 5.41) is 45.5. The number of aryl methyl sites for hydroxylation is 1. The lowest BCUT2D eigenvalue weighted by atomic mass is 9.44. The first-order valence-corrected chi connectivity index (χ1v) is 12.7. The number of ketones is 3. The Morgan fingerprint density at radius 3 is 2.32 bits per heavy atom. The summed E-state index contributed by atoms with van der Waals surface area (Å²) in [7, 11) is 1.28. The number of hydrogen-bond acceptors (Lipinski definition) is 9. The molecule has 9 nitrogen and oxygen atoms in total. The van der Waals surface area contributed by atoms with Crippen LogP contribution in [0, 0.1) is 22.7 Å². The van der Waals surface area contributed by atoms with Crippen molar-refractivity contribution in [3.8, 4) is 5.75 Å². The van der Waals surface area contributed by atoms with Crippen LogP contribution < -0.4 is 0 Å². The maximum Gasteiger partial charge on any atom is 0.305 e. The van der Waals surface area contributed by atoms with E-state index in [4.69, 9.17) is 4.74 Å². The third kappa shape index (κ3) is 3.47. The summed E-state index contributed by atoms with van der Waals surface area (Å²) in [5.74, 6) is -5.92. The van der Waals surface area contributed by atoms with Crippen molar-refractivity contribution in [2.45, 2.75) is 65.9 Å². The van der Waals surface area contributed by atoms with Crippen LogP contribution in [0.1, 0.15) is 68.9 Å². The van der Waals surface area contributed by atoms with E-state index in [1.807, 2.05) is 0 Å². The van der Waals surface area contributed by atoms with Crippen LogP contribution in [0.25, 0.3) is 0 Å². The summed E-state index contributed by atoms with van der Waals surface area (Å²) in [6, 6.07) is 2.97. The van der Waals surface area contributed by atoms with Gasteiger partial charge in [0.15, 0.2) is 17.2 Å². The van der Waals surface area contributed by atoms with Crippen molar-refractivity contribution in [1.29, 1.82) is 0 Å². The molecule has 1 aromatic rings. The van der Waals surface area contributed by atoms with Crippen molar-refractivity contribution in [2.75, 3.05) is 7.11 Å². The molecule has 4 N–H and O–H groups in total. The highest BCUT2D eigenvalue weighted by molar-refractivity contribution is 6.25. The van der Waals surface area contributed by atoms with E-state index in [-0.39, 0.29) is 48.5 Å². The normalized spacial score (nSPS) is 30.7. The van der Waals surface area contributed by atoms with Gasteiger partial charge in [-0.05, 0) is 49.3 Å². The molecule has 3 aliphatic carbocycles. The molecular weight excluding hydrogens is 492 g/mol. The Labute approximate surface area is 220 Å².